The molecule has 0 aromatic carbocycles. The van der Waals surface area contributed by atoms with Gasteiger partial charge in [0.25, 0.3) is 0 Å². The van der Waals surface area contributed by atoms with E-state index in [0.29, 0.717) is 6.10 Å². The molecule has 2 N–H and O–H groups in total. The quantitative estimate of drug-likeness (QED) is 0.687. The van der Waals surface area contributed by atoms with Gasteiger partial charge in [-0.05, 0) is 71.8 Å². The van der Waals surface area contributed by atoms with Crippen LogP contribution in [0.5, 0.6) is 0 Å². The van der Waals surface area contributed by atoms with Crippen LogP contribution in [0.1, 0.15) is 59.3 Å². The van der Waals surface area contributed by atoms with Crippen LogP contribution in [0.2, 0.25) is 0 Å². The number of amides is 1. The highest BCUT2D eigenvalue weighted by Crippen LogP contribution is 2.21. The summed E-state index contributed by atoms with van der Waals surface area (Å²) >= 11 is 0. The Bertz CT molecular complexity index is 383. The van der Waals surface area contributed by atoms with Crippen molar-refractivity contribution >= 4 is 6.09 Å². The highest BCUT2D eigenvalue weighted by atomic mass is 16.6. The van der Waals surface area contributed by atoms with Gasteiger partial charge in [0, 0.05) is 25.8 Å². The normalized spacial score (nSPS) is 25.6. The molecule has 0 aromatic rings. The fraction of sp³-hybridized carbons (Fsp3) is 0.947. The highest BCUT2D eigenvalue weighted by molar-refractivity contribution is 5.68. The number of hydrogen-bond donors (Lipinski definition) is 2. The van der Waals surface area contributed by atoms with Crippen molar-refractivity contribution < 1.29 is 19.0 Å². The van der Waals surface area contributed by atoms with E-state index in [-0.39, 0.29) is 12.1 Å². The van der Waals surface area contributed by atoms with E-state index in [9.17, 15) is 4.79 Å². The third-order valence-electron chi connectivity index (χ3n) is 4.80. The number of alkyl carbamates (subject to hydrolysis) is 1. The van der Waals surface area contributed by atoms with Crippen molar-refractivity contribution in [3.63, 3.8) is 0 Å². The monoisotopic (exact) mass is 356 g/mol. The second-order valence-electron chi connectivity index (χ2n) is 8.25. The Morgan fingerprint density at radius 1 is 1.08 bits per heavy atom. The Morgan fingerprint density at radius 2 is 1.76 bits per heavy atom. The largest absolute Gasteiger partial charge is 0.444 e. The standard InChI is InChI=1S/C19H36N2O4/c1-19(2,3)25-18(22)21-16-4-6-17(7-5-16)24-13-10-20-14-15-8-11-23-12-9-15/h15-17,20H,4-14H2,1-3H3,(H,21,22). The molecule has 1 aliphatic carbocycles. The molecule has 1 saturated carbocycles. The third kappa shape index (κ3) is 8.88. The van der Waals surface area contributed by atoms with E-state index in [1.807, 2.05) is 20.8 Å². The summed E-state index contributed by atoms with van der Waals surface area (Å²) in [6.07, 6.45) is 6.26. The Balaban J connectivity index is 1.48. The van der Waals surface area contributed by atoms with Crippen molar-refractivity contribution in [1.82, 2.24) is 10.6 Å². The first-order chi connectivity index (χ1) is 11.9. The number of carbonyl (C=O) groups excluding carboxylic acids is 1. The molecule has 1 aliphatic heterocycles. The Kier molecular flexibility index (Phi) is 8.46. The Morgan fingerprint density at radius 3 is 2.40 bits per heavy atom. The summed E-state index contributed by atoms with van der Waals surface area (Å²) in [6.45, 7) is 10.2. The molecule has 0 atom stereocenters. The molecule has 1 saturated heterocycles. The minimum Gasteiger partial charge on any atom is -0.444 e. The van der Waals surface area contributed by atoms with Gasteiger partial charge in [0.15, 0.2) is 0 Å². The molecule has 2 fully saturated rings. The maximum atomic E-state index is 11.8. The highest BCUT2D eigenvalue weighted by Gasteiger charge is 2.25. The molecule has 6 nitrogen and oxygen atoms in total. The first-order valence-electron chi connectivity index (χ1n) is 9.82. The first-order valence-corrected chi connectivity index (χ1v) is 9.82. The predicted molar refractivity (Wildman–Crippen MR) is 97.8 cm³/mol. The zero-order chi connectivity index (χ0) is 18.1. The Hall–Kier alpha value is -0.850. The number of carbonyl (C=O) groups is 1. The summed E-state index contributed by atoms with van der Waals surface area (Å²) < 4.78 is 16.7. The molecule has 0 bridgehead atoms. The van der Waals surface area contributed by atoms with Crippen LogP contribution in [0.25, 0.3) is 0 Å². The zero-order valence-corrected chi connectivity index (χ0v) is 16.1. The molecular weight excluding hydrogens is 320 g/mol. The summed E-state index contributed by atoms with van der Waals surface area (Å²) in [6, 6.07) is 0.210. The molecule has 25 heavy (non-hydrogen) atoms. The van der Waals surface area contributed by atoms with E-state index in [4.69, 9.17) is 14.2 Å². The van der Waals surface area contributed by atoms with Crippen LogP contribution in [0.3, 0.4) is 0 Å². The number of rotatable bonds is 7. The summed E-state index contributed by atoms with van der Waals surface area (Å²) in [4.78, 5) is 11.8. The average Bonchev–Trinajstić information content (AvgIpc) is 2.55. The predicted octanol–water partition coefficient (Wildman–Crippen LogP) is 2.86. The van der Waals surface area contributed by atoms with Gasteiger partial charge in [-0.25, -0.2) is 4.79 Å². The van der Waals surface area contributed by atoms with Gasteiger partial charge in [-0.2, -0.15) is 0 Å². The smallest absolute Gasteiger partial charge is 0.407 e. The van der Waals surface area contributed by atoms with Crippen LogP contribution in [0.15, 0.2) is 0 Å². The molecule has 6 heteroatoms. The molecule has 2 rings (SSSR count). The molecule has 0 aromatic heterocycles. The lowest BCUT2D eigenvalue weighted by atomic mass is 9.93. The minimum atomic E-state index is -0.442. The second-order valence-corrected chi connectivity index (χ2v) is 8.25. The second kappa shape index (κ2) is 10.3. The minimum absolute atomic E-state index is 0.210. The maximum Gasteiger partial charge on any atom is 0.407 e. The van der Waals surface area contributed by atoms with E-state index < -0.39 is 5.60 Å². The number of hydrogen-bond acceptors (Lipinski definition) is 5. The lowest BCUT2D eigenvalue weighted by molar-refractivity contribution is 0.0184. The van der Waals surface area contributed by atoms with Crippen LogP contribution in [-0.2, 0) is 14.2 Å². The van der Waals surface area contributed by atoms with Crippen LogP contribution >= 0.6 is 0 Å². The van der Waals surface area contributed by atoms with E-state index in [2.05, 4.69) is 10.6 Å². The summed E-state index contributed by atoms with van der Waals surface area (Å²) in [5.41, 5.74) is -0.442. The molecule has 2 aliphatic rings. The van der Waals surface area contributed by atoms with E-state index in [1.54, 1.807) is 0 Å². The summed E-state index contributed by atoms with van der Waals surface area (Å²) in [5.74, 6) is 0.753. The van der Waals surface area contributed by atoms with Gasteiger partial charge in [-0.3, -0.25) is 0 Å². The van der Waals surface area contributed by atoms with Crippen LogP contribution < -0.4 is 10.6 Å². The molecule has 146 valence electrons. The molecule has 1 amide bonds. The van der Waals surface area contributed by atoms with E-state index in [0.717, 1.165) is 64.5 Å². The SMILES string of the molecule is CC(C)(C)OC(=O)NC1CCC(OCCNCC2CCOCC2)CC1. The molecule has 0 radical (unpaired) electrons. The number of ether oxygens (including phenoxy) is 3. The van der Waals surface area contributed by atoms with E-state index in [1.165, 1.54) is 12.8 Å². The fourth-order valence-corrected chi connectivity index (χ4v) is 3.40. The number of nitrogens with one attached hydrogen (secondary N) is 2. The fourth-order valence-electron chi connectivity index (χ4n) is 3.40. The van der Waals surface area contributed by atoms with Gasteiger partial charge in [-0.15, -0.1) is 0 Å². The third-order valence-corrected chi connectivity index (χ3v) is 4.80. The van der Waals surface area contributed by atoms with Gasteiger partial charge in [0.1, 0.15) is 5.60 Å². The Labute approximate surface area is 152 Å². The molecular formula is C19H36N2O4. The van der Waals surface area contributed by atoms with Crippen molar-refractivity contribution in [2.45, 2.75) is 77.0 Å². The van der Waals surface area contributed by atoms with Gasteiger partial charge >= 0.3 is 6.09 Å². The maximum absolute atomic E-state index is 11.8. The summed E-state index contributed by atoms with van der Waals surface area (Å²) in [7, 11) is 0. The molecule has 1 heterocycles. The molecule has 0 spiro atoms. The summed E-state index contributed by atoms with van der Waals surface area (Å²) in [5, 5.41) is 6.47. The first kappa shape index (κ1) is 20.5. The van der Waals surface area contributed by atoms with Crippen LogP contribution in [0, 0.1) is 5.92 Å². The van der Waals surface area contributed by atoms with Crippen molar-refractivity contribution in [2.24, 2.45) is 5.92 Å². The van der Waals surface area contributed by atoms with Gasteiger partial charge in [0.2, 0.25) is 0 Å². The van der Waals surface area contributed by atoms with Gasteiger partial charge in [-0.1, -0.05) is 0 Å². The van der Waals surface area contributed by atoms with Crippen molar-refractivity contribution in [1.29, 1.82) is 0 Å². The van der Waals surface area contributed by atoms with Crippen molar-refractivity contribution in [2.75, 3.05) is 32.9 Å². The van der Waals surface area contributed by atoms with Crippen LogP contribution in [0.4, 0.5) is 4.79 Å². The lowest BCUT2D eigenvalue weighted by Gasteiger charge is -2.30. The van der Waals surface area contributed by atoms with Crippen molar-refractivity contribution in [3.05, 3.63) is 0 Å². The van der Waals surface area contributed by atoms with Gasteiger partial charge < -0.3 is 24.8 Å². The lowest BCUT2D eigenvalue weighted by Crippen LogP contribution is -2.42. The molecule has 0 unspecified atom stereocenters. The van der Waals surface area contributed by atoms with Gasteiger partial charge in [0.05, 0.1) is 12.7 Å². The van der Waals surface area contributed by atoms with Crippen LogP contribution in [-0.4, -0.2) is 56.8 Å². The van der Waals surface area contributed by atoms with Crippen molar-refractivity contribution in [3.8, 4) is 0 Å². The van der Waals surface area contributed by atoms with E-state index >= 15 is 0 Å². The zero-order valence-electron chi connectivity index (χ0n) is 16.1. The average molecular weight is 357 g/mol. The topological polar surface area (TPSA) is 68.8 Å².